The number of anilines is 1. The van der Waals surface area contributed by atoms with Crippen LogP contribution >= 0.6 is 27.7 Å². The van der Waals surface area contributed by atoms with E-state index in [-0.39, 0.29) is 11.2 Å². The van der Waals surface area contributed by atoms with Crippen molar-refractivity contribution in [3.63, 3.8) is 0 Å². The number of benzene rings is 1. The molecule has 1 aliphatic heterocycles. The van der Waals surface area contributed by atoms with Gasteiger partial charge in [-0.1, -0.05) is 6.07 Å². The molecule has 68 valence electrons. The molecule has 1 unspecified atom stereocenters. The fourth-order valence-electron chi connectivity index (χ4n) is 1.19. The number of hydrogen-bond donors (Lipinski definition) is 1. The molecule has 1 heterocycles. The van der Waals surface area contributed by atoms with E-state index in [0.29, 0.717) is 0 Å². The summed E-state index contributed by atoms with van der Waals surface area (Å²) in [5.74, 6) is 0.0735. The van der Waals surface area contributed by atoms with Gasteiger partial charge in [0.1, 0.15) is 0 Å². The summed E-state index contributed by atoms with van der Waals surface area (Å²) in [6, 6.07) is 5.91. The van der Waals surface area contributed by atoms with Gasteiger partial charge in [0, 0.05) is 9.37 Å². The standard InChI is InChI=1S/C9H8BrNOS/c1-5-9(12)11-8-6(10)3-2-4-7(8)13-5/h2-5H,1H3,(H,11,12). The van der Waals surface area contributed by atoms with Crippen molar-refractivity contribution in [1.29, 1.82) is 0 Å². The van der Waals surface area contributed by atoms with Crippen LogP contribution in [0.2, 0.25) is 0 Å². The molecule has 0 bridgehead atoms. The zero-order chi connectivity index (χ0) is 9.42. The third-order valence-corrected chi connectivity index (χ3v) is 3.72. The molecule has 1 aromatic rings. The summed E-state index contributed by atoms with van der Waals surface area (Å²) >= 11 is 4.99. The second-order valence-electron chi connectivity index (χ2n) is 2.86. The van der Waals surface area contributed by atoms with Gasteiger partial charge in [-0.3, -0.25) is 4.79 Å². The van der Waals surface area contributed by atoms with E-state index < -0.39 is 0 Å². The van der Waals surface area contributed by atoms with Crippen molar-refractivity contribution >= 4 is 39.3 Å². The first-order valence-corrected chi connectivity index (χ1v) is 5.62. The Bertz CT molecular complexity index is 367. The second kappa shape index (κ2) is 3.35. The smallest absolute Gasteiger partial charge is 0.237 e. The Kier molecular flexibility index (Phi) is 2.34. The highest BCUT2D eigenvalue weighted by Gasteiger charge is 2.23. The number of hydrogen-bond acceptors (Lipinski definition) is 2. The van der Waals surface area contributed by atoms with Crippen molar-refractivity contribution in [3.05, 3.63) is 22.7 Å². The fraction of sp³-hybridized carbons (Fsp3) is 0.222. The largest absolute Gasteiger partial charge is 0.323 e. The summed E-state index contributed by atoms with van der Waals surface area (Å²) in [5.41, 5.74) is 0.899. The van der Waals surface area contributed by atoms with Crippen molar-refractivity contribution in [2.45, 2.75) is 17.1 Å². The molecule has 1 N–H and O–H groups in total. The minimum atomic E-state index is 0.00167. The third kappa shape index (κ3) is 1.60. The van der Waals surface area contributed by atoms with E-state index in [0.717, 1.165) is 15.1 Å². The van der Waals surface area contributed by atoms with E-state index in [4.69, 9.17) is 0 Å². The first-order chi connectivity index (χ1) is 6.18. The van der Waals surface area contributed by atoms with Crippen LogP contribution in [0.1, 0.15) is 6.92 Å². The van der Waals surface area contributed by atoms with Crippen molar-refractivity contribution in [2.24, 2.45) is 0 Å². The summed E-state index contributed by atoms with van der Waals surface area (Å²) in [6.45, 7) is 1.91. The first-order valence-electron chi connectivity index (χ1n) is 3.94. The highest BCUT2D eigenvalue weighted by Crippen LogP contribution is 2.39. The van der Waals surface area contributed by atoms with Crippen LogP contribution in [0, 0.1) is 0 Å². The minimum Gasteiger partial charge on any atom is -0.323 e. The molecule has 13 heavy (non-hydrogen) atoms. The Hall–Kier alpha value is -0.480. The van der Waals surface area contributed by atoms with Crippen LogP contribution < -0.4 is 5.32 Å². The van der Waals surface area contributed by atoms with Gasteiger partial charge >= 0.3 is 0 Å². The van der Waals surface area contributed by atoms with E-state index in [1.807, 2.05) is 25.1 Å². The average molecular weight is 258 g/mol. The van der Waals surface area contributed by atoms with E-state index in [1.54, 1.807) is 11.8 Å². The second-order valence-corrected chi connectivity index (χ2v) is 5.10. The topological polar surface area (TPSA) is 29.1 Å². The fourth-order valence-corrected chi connectivity index (χ4v) is 2.77. The zero-order valence-corrected chi connectivity index (χ0v) is 9.41. The third-order valence-electron chi connectivity index (χ3n) is 1.90. The lowest BCUT2D eigenvalue weighted by molar-refractivity contribution is -0.115. The molecule has 1 atom stereocenters. The molecule has 0 fully saturated rings. The molecule has 0 aliphatic carbocycles. The number of amides is 1. The molecule has 4 heteroatoms. The molecule has 0 saturated heterocycles. The van der Waals surface area contributed by atoms with Gasteiger partial charge in [-0.2, -0.15) is 0 Å². The lowest BCUT2D eigenvalue weighted by Crippen LogP contribution is -2.26. The first kappa shape index (κ1) is 9.09. The van der Waals surface area contributed by atoms with Gasteiger partial charge < -0.3 is 5.32 Å². The summed E-state index contributed by atoms with van der Waals surface area (Å²) < 4.78 is 0.942. The maximum Gasteiger partial charge on any atom is 0.237 e. The number of carbonyl (C=O) groups excluding carboxylic acids is 1. The van der Waals surface area contributed by atoms with Crippen molar-refractivity contribution < 1.29 is 4.79 Å². The lowest BCUT2D eigenvalue weighted by Gasteiger charge is -2.21. The SMILES string of the molecule is CC1Sc2cccc(Br)c2NC1=O. The Morgan fingerprint density at radius 1 is 1.54 bits per heavy atom. The van der Waals surface area contributed by atoms with Gasteiger partial charge in [0.15, 0.2) is 0 Å². The molecule has 0 spiro atoms. The zero-order valence-electron chi connectivity index (χ0n) is 7.00. The van der Waals surface area contributed by atoms with Gasteiger partial charge in [0.25, 0.3) is 0 Å². The van der Waals surface area contributed by atoms with Gasteiger partial charge in [0.05, 0.1) is 10.9 Å². The molecule has 1 aliphatic rings. The molecule has 0 aromatic heterocycles. The number of thioether (sulfide) groups is 1. The van der Waals surface area contributed by atoms with Crippen molar-refractivity contribution in [1.82, 2.24) is 0 Å². The summed E-state index contributed by atoms with van der Waals surface area (Å²) in [5, 5.41) is 2.87. The Balaban J connectivity index is 2.48. The molecule has 1 amide bonds. The van der Waals surface area contributed by atoms with Crippen LogP contribution in [0.5, 0.6) is 0 Å². The van der Waals surface area contributed by atoms with Crippen LogP contribution in [0.4, 0.5) is 5.69 Å². The van der Waals surface area contributed by atoms with E-state index >= 15 is 0 Å². The number of carbonyl (C=O) groups is 1. The van der Waals surface area contributed by atoms with E-state index in [1.165, 1.54) is 0 Å². The molecule has 2 nitrogen and oxygen atoms in total. The maximum absolute atomic E-state index is 11.4. The lowest BCUT2D eigenvalue weighted by atomic mass is 10.3. The monoisotopic (exact) mass is 257 g/mol. The predicted molar refractivity (Wildman–Crippen MR) is 58.1 cm³/mol. The predicted octanol–water partition coefficient (Wildman–Crippen LogP) is 2.88. The Labute approximate surface area is 89.2 Å². The summed E-state index contributed by atoms with van der Waals surface area (Å²) in [4.78, 5) is 12.5. The Morgan fingerprint density at radius 3 is 3.08 bits per heavy atom. The summed E-state index contributed by atoms with van der Waals surface area (Å²) in [7, 11) is 0. The van der Waals surface area contributed by atoms with Crippen LogP contribution in [0.25, 0.3) is 0 Å². The van der Waals surface area contributed by atoms with Crippen LogP contribution in [-0.4, -0.2) is 11.2 Å². The number of nitrogens with one attached hydrogen (secondary N) is 1. The summed E-state index contributed by atoms with van der Waals surface area (Å²) in [6.07, 6.45) is 0. The quantitative estimate of drug-likeness (QED) is 0.775. The van der Waals surface area contributed by atoms with Crippen molar-refractivity contribution in [3.8, 4) is 0 Å². The van der Waals surface area contributed by atoms with E-state index in [2.05, 4.69) is 21.2 Å². The number of rotatable bonds is 0. The molecule has 0 saturated carbocycles. The molecular formula is C9H8BrNOS. The van der Waals surface area contributed by atoms with Gasteiger partial charge in [-0.25, -0.2) is 0 Å². The molecule has 0 radical (unpaired) electrons. The minimum absolute atomic E-state index is 0.00167. The van der Waals surface area contributed by atoms with Gasteiger partial charge in [-0.15, -0.1) is 11.8 Å². The highest BCUT2D eigenvalue weighted by atomic mass is 79.9. The number of halogens is 1. The Morgan fingerprint density at radius 2 is 2.31 bits per heavy atom. The molecule has 2 rings (SSSR count). The van der Waals surface area contributed by atoms with E-state index in [9.17, 15) is 4.79 Å². The van der Waals surface area contributed by atoms with Crippen LogP contribution in [0.15, 0.2) is 27.6 Å². The maximum atomic E-state index is 11.4. The highest BCUT2D eigenvalue weighted by molar-refractivity contribution is 9.10. The number of fused-ring (bicyclic) bond motifs is 1. The van der Waals surface area contributed by atoms with Crippen LogP contribution in [-0.2, 0) is 4.79 Å². The van der Waals surface area contributed by atoms with Gasteiger partial charge in [-0.05, 0) is 35.0 Å². The van der Waals surface area contributed by atoms with Crippen molar-refractivity contribution in [2.75, 3.05) is 5.32 Å². The average Bonchev–Trinajstić information content (AvgIpc) is 2.09. The number of para-hydroxylation sites is 1. The normalized spacial score (nSPS) is 20.8. The molecule has 1 aromatic carbocycles. The van der Waals surface area contributed by atoms with Crippen LogP contribution in [0.3, 0.4) is 0 Å². The van der Waals surface area contributed by atoms with Gasteiger partial charge in [0.2, 0.25) is 5.91 Å². The molecular weight excluding hydrogens is 250 g/mol.